The second-order valence-electron chi connectivity index (χ2n) is 8.47. The lowest BCUT2D eigenvalue weighted by Crippen LogP contribution is -2.51. The summed E-state index contributed by atoms with van der Waals surface area (Å²) in [4.78, 5) is 27.6. The standard InChI is InChI=1S/C28H32FN3O5S/c1-4-30-28(34)21(3)31(19-22-9-7-6-8-10-22)27(33)20-32(24-13-15-25(16-14-24)37-5-2)38(35,36)26-17-11-23(29)12-18-26/h6-18,21H,4-5,19-20H2,1-3H3,(H,30,34)/t21-/m1/s1. The van der Waals surface area contributed by atoms with Crippen LogP contribution in [0.15, 0.2) is 83.8 Å². The van der Waals surface area contributed by atoms with Gasteiger partial charge in [0.1, 0.15) is 24.2 Å². The molecule has 0 spiro atoms. The van der Waals surface area contributed by atoms with Gasteiger partial charge in [-0.25, -0.2) is 12.8 Å². The van der Waals surface area contributed by atoms with Gasteiger partial charge in [-0.15, -0.1) is 0 Å². The number of hydrogen-bond donors (Lipinski definition) is 1. The highest BCUT2D eigenvalue weighted by molar-refractivity contribution is 7.92. The van der Waals surface area contributed by atoms with Gasteiger partial charge in [0.15, 0.2) is 0 Å². The van der Waals surface area contributed by atoms with Crippen molar-refractivity contribution >= 4 is 27.5 Å². The summed E-state index contributed by atoms with van der Waals surface area (Å²) in [5.41, 5.74) is 1.00. The van der Waals surface area contributed by atoms with E-state index in [0.29, 0.717) is 18.9 Å². The van der Waals surface area contributed by atoms with E-state index in [1.165, 1.54) is 17.0 Å². The van der Waals surface area contributed by atoms with Gasteiger partial charge in [0, 0.05) is 13.1 Å². The molecule has 0 unspecified atom stereocenters. The summed E-state index contributed by atoms with van der Waals surface area (Å²) in [6.07, 6.45) is 0. The molecule has 0 aliphatic rings. The third-order valence-corrected chi connectivity index (χ3v) is 7.62. The number of hydrogen-bond acceptors (Lipinski definition) is 5. The minimum absolute atomic E-state index is 0.103. The predicted molar refractivity (Wildman–Crippen MR) is 144 cm³/mol. The highest BCUT2D eigenvalue weighted by Crippen LogP contribution is 2.27. The van der Waals surface area contributed by atoms with E-state index in [9.17, 15) is 22.4 Å². The van der Waals surface area contributed by atoms with Gasteiger partial charge >= 0.3 is 0 Å². The Labute approximate surface area is 223 Å². The van der Waals surface area contributed by atoms with Crippen LogP contribution in [0.4, 0.5) is 10.1 Å². The van der Waals surface area contributed by atoms with Gasteiger partial charge in [-0.3, -0.25) is 13.9 Å². The molecule has 10 heteroatoms. The maximum Gasteiger partial charge on any atom is 0.264 e. The Morgan fingerprint density at radius 3 is 2.16 bits per heavy atom. The van der Waals surface area contributed by atoms with Crippen LogP contribution < -0.4 is 14.4 Å². The Kier molecular flexibility index (Phi) is 9.84. The molecule has 0 aliphatic heterocycles. The van der Waals surface area contributed by atoms with E-state index in [1.807, 2.05) is 37.3 Å². The summed E-state index contributed by atoms with van der Waals surface area (Å²) < 4.78 is 47.4. The third kappa shape index (κ3) is 7.10. The van der Waals surface area contributed by atoms with Crippen molar-refractivity contribution in [2.24, 2.45) is 0 Å². The number of nitrogens with one attached hydrogen (secondary N) is 1. The molecule has 202 valence electrons. The van der Waals surface area contributed by atoms with Crippen LogP contribution >= 0.6 is 0 Å². The smallest absolute Gasteiger partial charge is 0.264 e. The normalized spacial score (nSPS) is 11.9. The van der Waals surface area contributed by atoms with E-state index >= 15 is 0 Å². The zero-order valence-electron chi connectivity index (χ0n) is 21.6. The Morgan fingerprint density at radius 2 is 1.58 bits per heavy atom. The van der Waals surface area contributed by atoms with Crippen LogP contribution in [-0.2, 0) is 26.2 Å². The third-order valence-electron chi connectivity index (χ3n) is 5.83. The first kappa shape index (κ1) is 28.6. The molecule has 0 fully saturated rings. The van der Waals surface area contributed by atoms with Crippen LogP contribution in [0.25, 0.3) is 0 Å². The van der Waals surface area contributed by atoms with Gasteiger partial charge in [-0.1, -0.05) is 30.3 Å². The summed E-state index contributed by atoms with van der Waals surface area (Å²) in [5.74, 6) is -0.979. The fourth-order valence-electron chi connectivity index (χ4n) is 3.82. The first-order valence-electron chi connectivity index (χ1n) is 12.3. The maximum atomic E-state index is 13.7. The minimum atomic E-state index is -4.28. The summed E-state index contributed by atoms with van der Waals surface area (Å²) in [5, 5.41) is 2.72. The van der Waals surface area contributed by atoms with Crippen LogP contribution in [0.3, 0.4) is 0 Å². The molecule has 1 atom stereocenters. The fourth-order valence-corrected chi connectivity index (χ4v) is 5.24. The van der Waals surface area contributed by atoms with Crippen molar-refractivity contribution in [3.8, 4) is 5.75 Å². The van der Waals surface area contributed by atoms with Crippen LogP contribution in [0.2, 0.25) is 0 Å². The van der Waals surface area contributed by atoms with Crippen molar-refractivity contribution in [3.05, 3.63) is 90.2 Å². The maximum absolute atomic E-state index is 13.7. The number of rotatable bonds is 12. The number of sulfonamides is 1. The van der Waals surface area contributed by atoms with Gasteiger partial charge in [0.25, 0.3) is 10.0 Å². The van der Waals surface area contributed by atoms with Crippen LogP contribution in [0.5, 0.6) is 5.75 Å². The molecule has 8 nitrogen and oxygen atoms in total. The van der Waals surface area contributed by atoms with E-state index in [-0.39, 0.29) is 23.0 Å². The SMILES string of the molecule is CCNC(=O)[C@@H](C)N(Cc1ccccc1)C(=O)CN(c1ccc(OCC)cc1)S(=O)(=O)c1ccc(F)cc1. The number of ether oxygens (including phenoxy) is 1. The summed E-state index contributed by atoms with van der Waals surface area (Å²) in [6.45, 7) is 5.54. The molecule has 0 bridgehead atoms. The van der Waals surface area contributed by atoms with Crippen molar-refractivity contribution in [2.75, 3.05) is 24.0 Å². The molecule has 2 amide bonds. The molecule has 0 aliphatic carbocycles. The lowest BCUT2D eigenvalue weighted by Gasteiger charge is -2.32. The molecule has 0 heterocycles. The molecule has 0 radical (unpaired) electrons. The Hall–Kier alpha value is -3.92. The summed E-state index contributed by atoms with van der Waals surface area (Å²) in [6, 6.07) is 18.9. The van der Waals surface area contributed by atoms with Crippen LogP contribution in [0.1, 0.15) is 26.3 Å². The first-order chi connectivity index (χ1) is 18.2. The first-order valence-corrected chi connectivity index (χ1v) is 13.7. The Balaban J connectivity index is 2.02. The van der Waals surface area contributed by atoms with Gasteiger partial charge in [0.2, 0.25) is 11.8 Å². The Bertz CT molecular complexity index is 1320. The molecule has 1 N–H and O–H groups in total. The number of benzene rings is 3. The number of halogens is 1. The van der Waals surface area contributed by atoms with Crippen molar-refractivity contribution in [2.45, 2.75) is 38.3 Å². The summed E-state index contributed by atoms with van der Waals surface area (Å²) in [7, 11) is -4.28. The lowest BCUT2D eigenvalue weighted by atomic mass is 10.1. The highest BCUT2D eigenvalue weighted by Gasteiger charge is 2.32. The number of likely N-dealkylation sites (N-methyl/N-ethyl adjacent to an activating group) is 1. The summed E-state index contributed by atoms with van der Waals surface area (Å²) >= 11 is 0. The van der Waals surface area contributed by atoms with Crippen molar-refractivity contribution in [3.63, 3.8) is 0 Å². The number of nitrogens with zero attached hydrogens (tertiary/aromatic N) is 2. The monoisotopic (exact) mass is 541 g/mol. The predicted octanol–water partition coefficient (Wildman–Crippen LogP) is 3.97. The quantitative estimate of drug-likeness (QED) is 0.374. The van der Waals surface area contributed by atoms with Gasteiger partial charge in [-0.05, 0) is 74.9 Å². The highest BCUT2D eigenvalue weighted by atomic mass is 32.2. The van der Waals surface area contributed by atoms with Crippen molar-refractivity contribution < 1.29 is 27.1 Å². The number of anilines is 1. The molecule has 3 aromatic rings. The molecule has 38 heavy (non-hydrogen) atoms. The van der Waals surface area contributed by atoms with Crippen molar-refractivity contribution in [1.29, 1.82) is 0 Å². The molecular formula is C28H32FN3O5S. The van der Waals surface area contributed by atoms with Crippen molar-refractivity contribution in [1.82, 2.24) is 10.2 Å². The van der Waals surface area contributed by atoms with Crippen LogP contribution in [0, 0.1) is 5.82 Å². The van der Waals surface area contributed by atoms with E-state index < -0.39 is 34.3 Å². The molecule has 0 aromatic heterocycles. The molecule has 3 rings (SSSR count). The van der Waals surface area contributed by atoms with Crippen LogP contribution in [-0.4, -0.2) is 50.9 Å². The average molecular weight is 542 g/mol. The second-order valence-corrected chi connectivity index (χ2v) is 10.3. The minimum Gasteiger partial charge on any atom is -0.494 e. The van der Waals surface area contributed by atoms with E-state index in [0.717, 1.165) is 34.1 Å². The largest absolute Gasteiger partial charge is 0.494 e. The molecular weight excluding hydrogens is 509 g/mol. The van der Waals surface area contributed by atoms with Gasteiger partial charge < -0.3 is 15.0 Å². The second kappa shape index (κ2) is 13.0. The van der Waals surface area contributed by atoms with Gasteiger partial charge in [0.05, 0.1) is 17.2 Å². The molecule has 0 saturated carbocycles. The molecule has 3 aromatic carbocycles. The lowest BCUT2D eigenvalue weighted by molar-refractivity contribution is -0.139. The number of amides is 2. The average Bonchev–Trinajstić information content (AvgIpc) is 2.91. The fraction of sp³-hybridized carbons (Fsp3) is 0.286. The Morgan fingerprint density at radius 1 is 0.947 bits per heavy atom. The topological polar surface area (TPSA) is 96.0 Å². The number of carbonyl (C=O) groups is 2. The van der Waals surface area contributed by atoms with Gasteiger partial charge in [-0.2, -0.15) is 0 Å². The van der Waals surface area contributed by atoms with E-state index in [2.05, 4.69) is 5.32 Å². The zero-order valence-corrected chi connectivity index (χ0v) is 22.4. The molecule has 0 saturated heterocycles. The van der Waals surface area contributed by atoms with E-state index in [1.54, 1.807) is 26.0 Å². The zero-order chi connectivity index (χ0) is 27.7. The van der Waals surface area contributed by atoms with E-state index in [4.69, 9.17) is 4.74 Å². The number of carbonyl (C=O) groups excluding carboxylic acids is 2.